The molecule has 104 valence electrons. The van der Waals surface area contributed by atoms with Crippen LogP contribution < -0.4 is 5.32 Å². The normalized spacial score (nSPS) is 11.4. The zero-order valence-electron chi connectivity index (χ0n) is 11.4. The first-order valence-corrected chi connectivity index (χ1v) is 6.59. The second-order valence-corrected chi connectivity index (χ2v) is 5.15. The van der Waals surface area contributed by atoms with Gasteiger partial charge in [-0.1, -0.05) is 19.0 Å². The van der Waals surface area contributed by atoms with E-state index in [1.54, 1.807) is 12.1 Å². The van der Waals surface area contributed by atoms with Crippen LogP contribution in [0.15, 0.2) is 35.1 Å². The number of anilines is 1. The van der Waals surface area contributed by atoms with E-state index < -0.39 is 0 Å². The molecule has 0 saturated carbocycles. The predicted octanol–water partition coefficient (Wildman–Crippen LogP) is 4.03. The Balaban J connectivity index is 1.88. The molecule has 2 N–H and O–H groups in total. The van der Waals surface area contributed by atoms with Crippen LogP contribution in [-0.4, -0.2) is 10.1 Å². The zero-order chi connectivity index (χ0) is 14.1. The molecule has 0 radical (unpaired) electrons. The Bertz CT molecular complexity index is 716. The highest BCUT2D eigenvalue weighted by Gasteiger charge is 2.09. The smallest absolute Gasteiger partial charge is 0.169 e. The number of aromatic nitrogens is 2. The van der Waals surface area contributed by atoms with Crippen LogP contribution in [0, 0.1) is 5.82 Å². The molecule has 0 aliphatic carbocycles. The number of halogens is 1. The van der Waals surface area contributed by atoms with Crippen molar-refractivity contribution in [3.05, 3.63) is 47.6 Å². The van der Waals surface area contributed by atoms with E-state index in [2.05, 4.69) is 29.3 Å². The van der Waals surface area contributed by atoms with Gasteiger partial charge in [-0.05, 0) is 24.1 Å². The van der Waals surface area contributed by atoms with Gasteiger partial charge in [0.05, 0.1) is 0 Å². The van der Waals surface area contributed by atoms with Crippen molar-refractivity contribution in [3.8, 4) is 0 Å². The van der Waals surface area contributed by atoms with Crippen LogP contribution in [0.1, 0.15) is 31.0 Å². The minimum absolute atomic E-state index is 0.220. The molecular formula is C15H16FN3O. The molecule has 2 heterocycles. The average Bonchev–Trinajstić information content (AvgIpc) is 3.04. The van der Waals surface area contributed by atoms with Crippen molar-refractivity contribution in [2.75, 3.05) is 5.32 Å². The predicted molar refractivity (Wildman–Crippen MR) is 76.2 cm³/mol. The number of H-pyrrole nitrogens is 1. The fraction of sp³-hybridized carbons (Fsp3) is 0.267. The summed E-state index contributed by atoms with van der Waals surface area (Å²) in [6.07, 6.45) is 1.47. The van der Waals surface area contributed by atoms with Gasteiger partial charge in [0.2, 0.25) is 0 Å². The molecule has 0 unspecified atom stereocenters. The number of rotatable bonds is 4. The molecule has 20 heavy (non-hydrogen) atoms. The third-order valence-electron chi connectivity index (χ3n) is 3.33. The van der Waals surface area contributed by atoms with Crippen molar-refractivity contribution in [2.45, 2.75) is 26.3 Å². The van der Waals surface area contributed by atoms with E-state index in [0.29, 0.717) is 23.8 Å². The highest BCUT2D eigenvalue weighted by molar-refractivity contribution is 5.81. The van der Waals surface area contributed by atoms with Gasteiger partial charge >= 0.3 is 0 Å². The second-order valence-electron chi connectivity index (χ2n) is 5.15. The van der Waals surface area contributed by atoms with Gasteiger partial charge < -0.3 is 14.8 Å². The van der Waals surface area contributed by atoms with E-state index in [1.807, 2.05) is 12.1 Å². The molecule has 0 aliphatic heterocycles. The molecular weight excluding hydrogens is 257 g/mol. The lowest BCUT2D eigenvalue weighted by Crippen LogP contribution is -2.01. The Labute approximate surface area is 116 Å². The summed E-state index contributed by atoms with van der Waals surface area (Å²) in [5, 5.41) is 7.65. The van der Waals surface area contributed by atoms with Crippen LogP contribution in [-0.2, 0) is 6.54 Å². The first-order chi connectivity index (χ1) is 9.63. The van der Waals surface area contributed by atoms with E-state index in [1.165, 1.54) is 6.26 Å². The van der Waals surface area contributed by atoms with Gasteiger partial charge in [0, 0.05) is 34.8 Å². The van der Waals surface area contributed by atoms with Crippen LogP contribution in [0.3, 0.4) is 0 Å². The summed E-state index contributed by atoms with van der Waals surface area (Å²) in [5.41, 5.74) is 2.66. The molecule has 5 heteroatoms. The molecule has 0 amide bonds. The van der Waals surface area contributed by atoms with Gasteiger partial charge in [-0.3, -0.25) is 0 Å². The fourth-order valence-corrected chi connectivity index (χ4v) is 2.16. The molecule has 0 saturated heterocycles. The minimum Gasteiger partial charge on any atom is -0.363 e. The molecule has 0 fully saturated rings. The lowest BCUT2D eigenvalue weighted by atomic mass is 10.1. The van der Waals surface area contributed by atoms with E-state index in [4.69, 9.17) is 4.52 Å². The largest absolute Gasteiger partial charge is 0.363 e. The Morgan fingerprint density at radius 2 is 2.20 bits per heavy atom. The molecule has 0 aliphatic rings. The highest BCUT2D eigenvalue weighted by Crippen LogP contribution is 2.24. The topological polar surface area (TPSA) is 53.9 Å². The zero-order valence-corrected chi connectivity index (χ0v) is 11.4. The number of nitrogens with one attached hydrogen (secondary N) is 2. The number of aromatic amines is 1. The maximum Gasteiger partial charge on any atom is 0.169 e. The van der Waals surface area contributed by atoms with Crippen molar-refractivity contribution in [3.63, 3.8) is 0 Å². The van der Waals surface area contributed by atoms with Crippen LogP contribution in [0.5, 0.6) is 0 Å². The maximum atomic E-state index is 14.1. The van der Waals surface area contributed by atoms with Crippen molar-refractivity contribution in [1.82, 2.24) is 10.1 Å². The first kappa shape index (κ1) is 12.7. The lowest BCUT2D eigenvalue weighted by molar-refractivity contribution is 0.422. The van der Waals surface area contributed by atoms with Crippen LogP contribution >= 0.6 is 0 Å². The summed E-state index contributed by atoms with van der Waals surface area (Å²) >= 11 is 0. The fourth-order valence-electron chi connectivity index (χ4n) is 2.16. The SMILES string of the molecule is CC(C)c1cc2cc(F)c(CNc3ccon3)cc2[nH]1. The third-order valence-corrected chi connectivity index (χ3v) is 3.33. The number of hydrogen-bond acceptors (Lipinski definition) is 3. The summed E-state index contributed by atoms with van der Waals surface area (Å²) in [5.74, 6) is 0.767. The van der Waals surface area contributed by atoms with Crippen molar-refractivity contribution in [1.29, 1.82) is 0 Å². The highest BCUT2D eigenvalue weighted by atomic mass is 19.1. The van der Waals surface area contributed by atoms with Crippen LogP contribution in [0.4, 0.5) is 10.2 Å². The van der Waals surface area contributed by atoms with Crippen molar-refractivity contribution in [2.24, 2.45) is 0 Å². The molecule has 1 aromatic carbocycles. The monoisotopic (exact) mass is 273 g/mol. The summed E-state index contributed by atoms with van der Waals surface area (Å²) < 4.78 is 18.8. The molecule has 3 aromatic rings. The molecule has 0 bridgehead atoms. The molecule has 0 spiro atoms. The second kappa shape index (κ2) is 5.00. The number of fused-ring (bicyclic) bond motifs is 1. The van der Waals surface area contributed by atoms with Gasteiger partial charge in [-0.25, -0.2) is 4.39 Å². The first-order valence-electron chi connectivity index (χ1n) is 6.59. The summed E-state index contributed by atoms with van der Waals surface area (Å²) in [6, 6.07) is 7.10. The van der Waals surface area contributed by atoms with Gasteiger partial charge in [0.15, 0.2) is 5.82 Å². The van der Waals surface area contributed by atoms with Gasteiger partial charge in [-0.2, -0.15) is 0 Å². The minimum atomic E-state index is -0.220. The summed E-state index contributed by atoms with van der Waals surface area (Å²) in [4.78, 5) is 3.33. The molecule has 2 aromatic heterocycles. The molecule has 3 rings (SSSR count). The van der Waals surface area contributed by atoms with E-state index >= 15 is 0 Å². The molecule has 0 atom stereocenters. The van der Waals surface area contributed by atoms with Crippen molar-refractivity contribution >= 4 is 16.7 Å². The van der Waals surface area contributed by atoms with Crippen LogP contribution in [0.25, 0.3) is 10.9 Å². The van der Waals surface area contributed by atoms with Crippen LogP contribution in [0.2, 0.25) is 0 Å². The van der Waals surface area contributed by atoms with Crippen molar-refractivity contribution < 1.29 is 8.91 Å². The number of hydrogen-bond donors (Lipinski definition) is 2. The Morgan fingerprint density at radius 1 is 1.35 bits per heavy atom. The standard InChI is InChI=1S/C15H16FN3O/c1-9(2)13-6-10-5-12(16)11(7-14(10)18-13)8-17-15-3-4-20-19-15/h3-7,9,18H,8H2,1-2H3,(H,17,19). The number of nitrogens with zero attached hydrogens (tertiary/aromatic N) is 1. The quantitative estimate of drug-likeness (QED) is 0.754. The Kier molecular flexibility index (Phi) is 3.18. The van der Waals surface area contributed by atoms with Gasteiger partial charge in [0.25, 0.3) is 0 Å². The van der Waals surface area contributed by atoms with E-state index in [-0.39, 0.29) is 5.82 Å². The van der Waals surface area contributed by atoms with Gasteiger partial charge in [-0.15, -0.1) is 0 Å². The maximum absolute atomic E-state index is 14.1. The summed E-state index contributed by atoms with van der Waals surface area (Å²) in [6.45, 7) is 4.58. The Morgan fingerprint density at radius 3 is 2.90 bits per heavy atom. The molecule has 4 nitrogen and oxygen atoms in total. The van der Waals surface area contributed by atoms with E-state index in [0.717, 1.165) is 16.6 Å². The van der Waals surface area contributed by atoms with Gasteiger partial charge in [0.1, 0.15) is 12.1 Å². The summed E-state index contributed by atoms with van der Waals surface area (Å²) in [7, 11) is 0. The Hall–Kier alpha value is -2.30. The van der Waals surface area contributed by atoms with E-state index in [9.17, 15) is 4.39 Å². The lowest BCUT2D eigenvalue weighted by Gasteiger charge is -2.04. The number of benzene rings is 1. The third kappa shape index (κ3) is 2.39. The average molecular weight is 273 g/mol.